The van der Waals surface area contributed by atoms with Gasteiger partial charge in [0.25, 0.3) is 0 Å². The molecule has 0 spiro atoms. The normalized spacial score (nSPS) is 14.0. The molecule has 0 amide bonds. The van der Waals surface area contributed by atoms with Crippen LogP contribution in [0.2, 0.25) is 0 Å². The number of benzene rings is 1. The molecule has 13 heavy (non-hydrogen) atoms. The average Bonchev–Trinajstić information content (AvgIpc) is 2.53. The van der Waals surface area contributed by atoms with Crippen LogP contribution in [0.25, 0.3) is 0 Å². The minimum absolute atomic E-state index is 0.825. The number of aryl methyl sites for hydroxylation is 1. The largest absolute Gasteiger partial charge is 0.492 e. The molecule has 0 aromatic heterocycles. The predicted molar refractivity (Wildman–Crippen MR) is 60.8 cm³/mol. The van der Waals surface area contributed by atoms with Crippen LogP contribution in [0.5, 0.6) is 5.75 Å². The number of ether oxygens (including phenoxy) is 1. The minimum atomic E-state index is 0.825. The lowest BCUT2D eigenvalue weighted by molar-refractivity contribution is 0.355. The van der Waals surface area contributed by atoms with Crippen molar-refractivity contribution >= 4 is 31.9 Å². The van der Waals surface area contributed by atoms with Crippen molar-refractivity contribution in [1.82, 2.24) is 0 Å². The molecule has 1 nitrogen and oxygen atoms in total. The van der Waals surface area contributed by atoms with Crippen molar-refractivity contribution in [2.24, 2.45) is 0 Å². The summed E-state index contributed by atoms with van der Waals surface area (Å²) in [7, 11) is 0. The number of hydrogen-bond acceptors (Lipinski definition) is 1. The Hall–Kier alpha value is -0.0200. The second-order valence-corrected chi connectivity index (χ2v) is 4.75. The lowest BCUT2D eigenvalue weighted by atomic mass is 10.1. The van der Waals surface area contributed by atoms with E-state index >= 15 is 0 Å². The van der Waals surface area contributed by atoms with Crippen molar-refractivity contribution in [3.63, 3.8) is 0 Å². The highest BCUT2D eigenvalue weighted by Crippen LogP contribution is 2.34. The number of halogens is 2. The third kappa shape index (κ3) is 1.91. The highest BCUT2D eigenvalue weighted by atomic mass is 79.9. The third-order valence-electron chi connectivity index (χ3n) is 2.18. The van der Waals surface area contributed by atoms with E-state index in [4.69, 9.17) is 4.74 Å². The van der Waals surface area contributed by atoms with Gasteiger partial charge in [0.15, 0.2) is 0 Å². The van der Waals surface area contributed by atoms with E-state index in [0.29, 0.717) is 0 Å². The van der Waals surface area contributed by atoms with Crippen molar-refractivity contribution in [3.05, 3.63) is 27.7 Å². The molecule has 0 N–H and O–H groups in total. The third-order valence-corrected chi connectivity index (χ3v) is 3.17. The molecule has 3 heteroatoms. The van der Waals surface area contributed by atoms with E-state index in [1.165, 1.54) is 11.1 Å². The SMILES string of the molecule is BrCCc1cc(Br)c2c(c1)CCO2. The lowest BCUT2D eigenvalue weighted by Crippen LogP contribution is -1.88. The summed E-state index contributed by atoms with van der Waals surface area (Å²) in [5.74, 6) is 1.04. The van der Waals surface area contributed by atoms with Crippen LogP contribution in [0.3, 0.4) is 0 Å². The van der Waals surface area contributed by atoms with Gasteiger partial charge in [-0.05, 0) is 39.5 Å². The van der Waals surface area contributed by atoms with Crippen LogP contribution in [-0.2, 0) is 12.8 Å². The Labute approximate surface area is 94.7 Å². The van der Waals surface area contributed by atoms with E-state index in [9.17, 15) is 0 Å². The van der Waals surface area contributed by atoms with Crippen LogP contribution in [0.4, 0.5) is 0 Å². The molecule has 0 saturated carbocycles. The van der Waals surface area contributed by atoms with Crippen molar-refractivity contribution in [1.29, 1.82) is 0 Å². The van der Waals surface area contributed by atoms with E-state index < -0.39 is 0 Å². The zero-order valence-corrected chi connectivity index (χ0v) is 10.3. The van der Waals surface area contributed by atoms with Crippen LogP contribution in [0.15, 0.2) is 16.6 Å². The fourth-order valence-corrected chi connectivity index (χ4v) is 2.70. The average molecular weight is 306 g/mol. The fraction of sp³-hybridized carbons (Fsp3) is 0.400. The van der Waals surface area contributed by atoms with E-state index in [1.54, 1.807) is 0 Å². The molecule has 1 aromatic carbocycles. The van der Waals surface area contributed by atoms with Crippen LogP contribution < -0.4 is 4.74 Å². The number of rotatable bonds is 2. The van der Waals surface area contributed by atoms with Crippen LogP contribution in [0, 0.1) is 0 Å². The van der Waals surface area contributed by atoms with Crippen molar-refractivity contribution in [3.8, 4) is 5.75 Å². The summed E-state index contributed by atoms with van der Waals surface area (Å²) in [5, 5.41) is 1.01. The molecule has 1 aliphatic rings. The monoisotopic (exact) mass is 304 g/mol. The summed E-state index contributed by atoms with van der Waals surface area (Å²) >= 11 is 6.97. The Morgan fingerprint density at radius 3 is 3.00 bits per heavy atom. The van der Waals surface area contributed by atoms with Crippen LogP contribution in [-0.4, -0.2) is 11.9 Å². The number of fused-ring (bicyclic) bond motifs is 1. The van der Waals surface area contributed by atoms with Gasteiger partial charge in [-0.2, -0.15) is 0 Å². The predicted octanol–water partition coefficient (Wildman–Crippen LogP) is 3.32. The first kappa shape index (κ1) is 9.53. The maximum atomic E-state index is 5.50. The van der Waals surface area contributed by atoms with E-state index in [0.717, 1.165) is 35.0 Å². The molecule has 0 bridgehead atoms. The quantitative estimate of drug-likeness (QED) is 0.762. The Balaban J connectivity index is 2.37. The summed E-state index contributed by atoms with van der Waals surface area (Å²) in [6, 6.07) is 4.39. The van der Waals surface area contributed by atoms with E-state index in [2.05, 4.69) is 44.0 Å². The zero-order chi connectivity index (χ0) is 9.26. The summed E-state index contributed by atoms with van der Waals surface area (Å²) in [6.07, 6.45) is 2.12. The van der Waals surface area contributed by atoms with Gasteiger partial charge in [-0.25, -0.2) is 0 Å². The molecule has 0 saturated heterocycles. The maximum Gasteiger partial charge on any atom is 0.136 e. The van der Waals surface area contributed by atoms with Gasteiger partial charge in [-0.1, -0.05) is 22.0 Å². The molecule has 1 heterocycles. The Morgan fingerprint density at radius 1 is 1.38 bits per heavy atom. The molecule has 0 atom stereocenters. The van der Waals surface area contributed by atoms with Gasteiger partial charge in [-0.3, -0.25) is 0 Å². The first-order chi connectivity index (χ1) is 6.31. The second-order valence-electron chi connectivity index (χ2n) is 3.10. The number of hydrogen-bond donors (Lipinski definition) is 0. The summed E-state index contributed by atoms with van der Waals surface area (Å²) < 4.78 is 6.60. The Morgan fingerprint density at radius 2 is 2.23 bits per heavy atom. The zero-order valence-electron chi connectivity index (χ0n) is 7.15. The minimum Gasteiger partial charge on any atom is -0.492 e. The number of alkyl halides is 1. The Kier molecular flexibility index (Phi) is 2.94. The molecule has 1 aliphatic heterocycles. The van der Waals surface area contributed by atoms with Crippen molar-refractivity contribution in [2.45, 2.75) is 12.8 Å². The van der Waals surface area contributed by atoms with E-state index in [-0.39, 0.29) is 0 Å². The molecule has 2 rings (SSSR count). The molecule has 70 valence electrons. The van der Waals surface area contributed by atoms with Crippen molar-refractivity contribution < 1.29 is 4.74 Å². The van der Waals surface area contributed by atoms with Gasteiger partial charge < -0.3 is 4.74 Å². The van der Waals surface area contributed by atoms with Crippen molar-refractivity contribution in [2.75, 3.05) is 11.9 Å². The van der Waals surface area contributed by atoms with Gasteiger partial charge >= 0.3 is 0 Å². The summed E-state index contributed by atoms with van der Waals surface area (Å²) in [5.41, 5.74) is 2.71. The standard InChI is InChI=1S/C10H10Br2O/c11-3-1-7-5-8-2-4-13-10(8)9(12)6-7/h5-6H,1-4H2. The molecule has 0 radical (unpaired) electrons. The molecule has 0 fully saturated rings. The highest BCUT2D eigenvalue weighted by molar-refractivity contribution is 9.10. The lowest BCUT2D eigenvalue weighted by Gasteiger charge is -2.05. The van der Waals surface area contributed by atoms with Gasteiger partial charge in [0.2, 0.25) is 0 Å². The molecule has 0 aliphatic carbocycles. The fourth-order valence-electron chi connectivity index (χ4n) is 1.58. The van der Waals surface area contributed by atoms with Gasteiger partial charge in [0.05, 0.1) is 11.1 Å². The molecule has 1 aromatic rings. The maximum absolute atomic E-state index is 5.50. The molecule has 0 unspecified atom stereocenters. The Bertz CT molecular complexity index is 323. The van der Waals surface area contributed by atoms with Gasteiger partial charge in [0, 0.05) is 11.8 Å². The highest BCUT2D eigenvalue weighted by Gasteiger charge is 2.15. The first-order valence-corrected chi connectivity index (χ1v) is 6.23. The van der Waals surface area contributed by atoms with Gasteiger partial charge in [-0.15, -0.1) is 0 Å². The van der Waals surface area contributed by atoms with E-state index in [1.807, 2.05) is 0 Å². The van der Waals surface area contributed by atoms with Crippen LogP contribution >= 0.6 is 31.9 Å². The van der Waals surface area contributed by atoms with Gasteiger partial charge in [0.1, 0.15) is 5.75 Å². The summed E-state index contributed by atoms with van der Waals surface area (Å²) in [6.45, 7) is 0.825. The second kappa shape index (κ2) is 4.01. The topological polar surface area (TPSA) is 9.23 Å². The smallest absolute Gasteiger partial charge is 0.136 e. The molecular formula is C10H10Br2O. The summed E-state index contributed by atoms with van der Waals surface area (Å²) in [4.78, 5) is 0. The van der Waals surface area contributed by atoms with Crippen LogP contribution in [0.1, 0.15) is 11.1 Å². The molecular weight excluding hydrogens is 296 g/mol. The first-order valence-electron chi connectivity index (χ1n) is 4.31.